The van der Waals surface area contributed by atoms with Crippen molar-refractivity contribution in [2.75, 3.05) is 7.11 Å². The van der Waals surface area contributed by atoms with E-state index in [-0.39, 0.29) is 33.5 Å². The highest BCUT2D eigenvalue weighted by atomic mass is 16.5. The van der Waals surface area contributed by atoms with Crippen LogP contribution in [0.25, 0.3) is 0 Å². The van der Waals surface area contributed by atoms with Crippen LogP contribution in [0.1, 0.15) is 136 Å². The number of esters is 1. The molecular formula is C35H52O4. The van der Waals surface area contributed by atoms with Crippen molar-refractivity contribution in [1.82, 2.24) is 0 Å². The quantitative estimate of drug-likeness (QED) is 0.386. The van der Waals surface area contributed by atoms with Crippen molar-refractivity contribution in [1.29, 1.82) is 0 Å². The molecule has 0 radical (unpaired) electrons. The third kappa shape index (κ3) is 5.58. The topological polar surface area (TPSA) is 66.8 Å². The number of methoxy groups -OCH3 is 1. The van der Waals surface area contributed by atoms with Crippen molar-refractivity contribution < 1.29 is 19.7 Å². The first-order chi connectivity index (χ1) is 17.6. The van der Waals surface area contributed by atoms with Gasteiger partial charge in [-0.3, -0.25) is 4.79 Å². The molecule has 2 aromatic rings. The molecule has 1 saturated carbocycles. The molecule has 0 aromatic heterocycles. The Kier molecular flexibility index (Phi) is 7.84. The van der Waals surface area contributed by atoms with Crippen molar-refractivity contribution in [3.05, 3.63) is 57.6 Å². The SMILES string of the molecule is COC(=O)C1CCCC1(c1cc(C(C)(C)C)c(O)c(C(C)(C)C)c1)c1cc(C(C)(C)C)c(O)c(C(C)(C)C)c1. The molecule has 39 heavy (non-hydrogen) atoms. The number of phenolic OH excluding ortho intramolecular Hbond substituents is 2. The molecule has 2 aromatic carbocycles. The van der Waals surface area contributed by atoms with Crippen molar-refractivity contribution in [2.45, 2.75) is 129 Å². The largest absolute Gasteiger partial charge is 0.507 e. The van der Waals surface area contributed by atoms with E-state index in [0.717, 1.165) is 52.6 Å². The molecule has 1 fully saturated rings. The summed E-state index contributed by atoms with van der Waals surface area (Å²) in [5.74, 6) is 0.0757. The minimum Gasteiger partial charge on any atom is -0.507 e. The van der Waals surface area contributed by atoms with E-state index in [0.29, 0.717) is 11.5 Å². The molecule has 0 bridgehead atoms. The number of aromatic hydroxyl groups is 2. The Labute approximate surface area is 237 Å². The molecule has 3 rings (SSSR count). The summed E-state index contributed by atoms with van der Waals surface area (Å²) in [5, 5.41) is 23.0. The van der Waals surface area contributed by atoms with Crippen molar-refractivity contribution in [3.63, 3.8) is 0 Å². The predicted molar refractivity (Wildman–Crippen MR) is 161 cm³/mol. The Morgan fingerprint density at radius 2 is 1.00 bits per heavy atom. The number of carbonyl (C=O) groups is 1. The minimum atomic E-state index is -0.658. The zero-order chi connectivity index (χ0) is 29.9. The molecule has 0 aliphatic heterocycles. The highest BCUT2D eigenvalue weighted by molar-refractivity contribution is 5.77. The second-order valence-electron chi connectivity index (χ2n) is 15.8. The fourth-order valence-electron chi connectivity index (χ4n) is 6.40. The lowest BCUT2D eigenvalue weighted by Gasteiger charge is -2.40. The Morgan fingerprint density at radius 3 is 1.26 bits per heavy atom. The summed E-state index contributed by atoms with van der Waals surface area (Å²) in [5.41, 5.74) is 3.72. The van der Waals surface area contributed by atoms with Gasteiger partial charge in [0.15, 0.2) is 0 Å². The fraction of sp³-hybridized carbons (Fsp3) is 0.629. The van der Waals surface area contributed by atoms with Crippen LogP contribution in [0.5, 0.6) is 11.5 Å². The van der Waals surface area contributed by atoms with Gasteiger partial charge < -0.3 is 14.9 Å². The Bertz CT molecular complexity index is 1090. The molecule has 1 aliphatic rings. The first-order valence-corrected chi connectivity index (χ1v) is 14.4. The smallest absolute Gasteiger partial charge is 0.309 e. The number of ether oxygens (including phenoxy) is 1. The molecule has 0 spiro atoms. The van der Waals surface area contributed by atoms with Crippen LogP contribution in [0.4, 0.5) is 0 Å². The minimum absolute atomic E-state index is 0.210. The van der Waals surface area contributed by atoms with E-state index in [1.165, 1.54) is 7.11 Å². The number of carbonyl (C=O) groups excluding carboxylic acids is 1. The van der Waals surface area contributed by atoms with E-state index in [2.05, 4.69) is 107 Å². The second kappa shape index (κ2) is 9.85. The van der Waals surface area contributed by atoms with Gasteiger partial charge in [-0.1, -0.05) is 114 Å². The average Bonchev–Trinajstić information content (AvgIpc) is 3.21. The molecular weight excluding hydrogens is 484 g/mol. The third-order valence-electron chi connectivity index (χ3n) is 8.63. The normalized spacial score (nSPS) is 18.3. The average molecular weight is 537 g/mol. The van der Waals surface area contributed by atoms with Crippen LogP contribution >= 0.6 is 0 Å². The van der Waals surface area contributed by atoms with E-state index in [9.17, 15) is 15.0 Å². The zero-order valence-corrected chi connectivity index (χ0v) is 26.7. The van der Waals surface area contributed by atoms with Gasteiger partial charge in [0.2, 0.25) is 0 Å². The maximum atomic E-state index is 13.5. The summed E-state index contributed by atoms with van der Waals surface area (Å²) in [6.45, 7) is 25.4. The third-order valence-corrected chi connectivity index (χ3v) is 8.63. The maximum absolute atomic E-state index is 13.5. The Hall–Kier alpha value is -2.49. The molecule has 2 N–H and O–H groups in total. The summed E-state index contributed by atoms with van der Waals surface area (Å²) in [4.78, 5) is 13.5. The highest BCUT2D eigenvalue weighted by Crippen LogP contribution is 2.55. The Balaban J connectivity index is 2.58. The molecule has 1 atom stereocenters. The summed E-state index contributed by atoms with van der Waals surface area (Å²) >= 11 is 0. The van der Waals surface area contributed by atoms with Gasteiger partial charge in [0, 0.05) is 5.41 Å². The Morgan fingerprint density at radius 1 is 0.692 bits per heavy atom. The number of rotatable bonds is 3. The van der Waals surface area contributed by atoms with Gasteiger partial charge in [-0.05, 0) is 67.9 Å². The highest BCUT2D eigenvalue weighted by Gasteiger charge is 2.51. The van der Waals surface area contributed by atoms with Crippen LogP contribution in [0.3, 0.4) is 0 Å². The van der Waals surface area contributed by atoms with Crippen molar-refractivity contribution >= 4 is 5.97 Å². The zero-order valence-electron chi connectivity index (χ0n) is 26.7. The van der Waals surface area contributed by atoms with Gasteiger partial charge in [0.05, 0.1) is 13.0 Å². The standard InChI is InChI=1S/C35H52O4/c1-31(2,3)24-17-21(18-25(28(24)36)32(4,5)6)35(16-14-15-23(35)30(38)39-13)22-19-26(33(7,8)9)29(37)27(20-22)34(10,11)12/h17-20,23,36-37H,14-16H2,1-13H3. The number of phenols is 2. The fourth-order valence-corrected chi connectivity index (χ4v) is 6.40. The monoisotopic (exact) mass is 536 g/mol. The maximum Gasteiger partial charge on any atom is 0.309 e. The summed E-state index contributed by atoms with van der Waals surface area (Å²) in [6.07, 6.45) is 2.38. The van der Waals surface area contributed by atoms with E-state index in [1.54, 1.807) is 0 Å². The molecule has 0 heterocycles. The van der Waals surface area contributed by atoms with Gasteiger partial charge in [0.1, 0.15) is 11.5 Å². The lowest BCUT2D eigenvalue weighted by Crippen LogP contribution is -2.39. The first kappa shape index (κ1) is 31.0. The van der Waals surface area contributed by atoms with E-state index >= 15 is 0 Å². The summed E-state index contributed by atoms with van der Waals surface area (Å²) < 4.78 is 5.43. The number of hydrogen-bond acceptors (Lipinski definition) is 4. The molecule has 0 saturated heterocycles. The van der Waals surface area contributed by atoms with E-state index in [1.807, 2.05) is 0 Å². The number of benzene rings is 2. The molecule has 1 aliphatic carbocycles. The van der Waals surface area contributed by atoms with Gasteiger partial charge in [-0.2, -0.15) is 0 Å². The van der Waals surface area contributed by atoms with Gasteiger partial charge in [-0.25, -0.2) is 0 Å². The number of hydrogen-bond donors (Lipinski definition) is 2. The predicted octanol–water partition coefficient (Wildman–Crippen LogP) is 8.55. The molecule has 4 nitrogen and oxygen atoms in total. The summed E-state index contributed by atoms with van der Waals surface area (Å²) in [7, 11) is 1.47. The van der Waals surface area contributed by atoms with Crippen LogP contribution in [-0.2, 0) is 36.6 Å². The van der Waals surface area contributed by atoms with Crippen LogP contribution in [0, 0.1) is 5.92 Å². The van der Waals surface area contributed by atoms with Crippen LogP contribution in [-0.4, -0.2) is 23.3 Å². The molecule has 1 unspecified atom stereocenters. The molecule has 216 valence electrons. The van der Waals surface area contributed by atoms with E-state index in [4.69, 9.17) is 4.74 Å². The van der Waals surface area contributed by atoms with Crippen LogP contribution in [0.15, 0.2) is 24.3 Å². The lowest BCUT2D eigenvalue weighted by molar-refractivity contribution is -0.146. The van der Waals surface area contributed by atoms with E-state index < -0.39 is 5.41 Å². The van der Waals surface area contributed by atoms with Gasteiger partial charge in [0.25, 0.3) is 0 Å². The molecule has 0 amide bonds. The second-order valence-corrected chi connectivity index (χ2v) is 15.8. The van der Waals surface area contributed by atoms with Crippen LogP contribution < -0.4 is 0 Å². The van der Waals surface area contributed by atoms with Gasteiger partial charge >= 0.3 is 5.97 Å². The van der Waals surface area contributed by atoms with Crippen molar-refractivity contribution in [2.24, 2.45) is 5.92 Å². The first-order valence-electron chi connectivity index (χ1n) is 14.4. The molecule has 4 heteroatoms. The lowest BCUT2D eigenvalue weighted by atomic mass is 9.63. The van der Waals surface area contributed by atoms with Crippen LogP contribution in [0.2, 0.25) is 0 Å². The van der Waals surface area contributed by atoms with Gasteiger partial charge in [-0.15, -0.1) is 0 Å². The van der Waals surface area contributed by atoms with Crippen molar-refractivity contribution in [3.8, 4) is 11.5 Å². The summed E-state index contributed by atoms with van der Waals surface area (Å²) in [6, 6.07) is 8.52.